The average Bonchev–Trinajstić information content (AvgIpc) is 3.26. The van der Waals surface area contributed by atoms with E-state index in [0.29, 0.717) is 50.4 Å². The predicted molar refractivity (Wildman–Crippen MR) is 128 cm³/mol. The van der Waals surface area contributed by atoms with E-state index in [2.05, 4.69) is 0 Å². The molecule has 3 aromatic rings. The van der Waals surface area contributed by atoms with Crippen LogP contribution in [0.25, 0.3) is 0 Å². The Hall–Kier alpha value is -3.45. The molecule has 0 aliphatic rings. The fourth-order valence-corrected chi connectivity index (χ4v) is 3.65. The summed E-state index contributed by atoms with van der Waals surface area (Å²) in [4.78, 5) is 29.7. The van der Waals surface area contributed by atoms with Crippen LogP contribution in [0.15, 0.2) is 71.1 Å². The van der Waals surface area contributed by atoms with Gasteiger partial charge in [0.15, 0.2) is 0 Å². The van der Waals surface area contributed by atoms with Crippen LogP contribution in [0.4, 0.5) is 4.39 Å². The van der Waals surface area contributed by atoms with E-state index in [4.69, 9.17) is 9.15 Å². The van der Waals surface area contributed by atoms with Gasteiger partial charge in [0.2, 0.25) is 5.91 Å². The van der Waals surface area contributed by atoms with Gasteiger partial charge in [0, 0.05) is 32.4 Å². The minimum absolute atomic E-state index is 0.0889. The number of amides is 2. The molecule has 0 saturated carbocycles. The summed E-state index contributed by atoms with van der Waals surface area (Å²) in [5.41, 5.74) is 1.46. The zero-order chi connectivity index (χ0) is 24.3. The Morgan fingerprint density at radius 1 is 0.941 bits per heavy atom. The van der Waals surface area contributed by atoms with Gasteiger partial charge in [-0.2, -0.15) is 0 Å². The zero-order valence-corrected chi connectivity index (χ0v) is 19.7. The first-order valence-electron chi connectivity index (χ1n) is 11.4. The molecule has 3 rings (SSSR count). The number of rotatable bonds is 12. The highest BCUT2D eigenvalue weighted by atomic mass is 19.1. The second-order valence-corrected chi connectivity index (χ2v) is 8.14. The fourth-order valence-electron chi connectivity index (χ4n) is 3.65. The second kappa shape index (κ2) is 12.7. The highest BCUT2D eigenvalue weighted by molar-refractivity contribution is 5.96. The predicted octanol–water partition coefficient (Wildman–Crippen LogP) is 4.48. The molecule has 34 heavy (non-hydrogen) atoms. The molecule has 0 aliphatic carbocycles. The quantitative estimate of drug-likeness (QED) is 0.369. The van der Waals surface area contributed by atoms with Crippen molar-refractivity contribution < 1.29 is 23.1 Å². The van der Waals surface area contributed by atoms with Gasteiger partial charge in [-0.25, -0.2) is 4.39 Å². The third-order valence-corrected chi connectivity index (χ3v) is 5.49. The standard InChI is InChI=1S/C27H31FN2O4/c1-21-9-14-25(34-21)19-29(17-15-22-7-4-3-5-8-22)26(31)20-30(16-6-18-33-2)27(32)23-10-12-24(28)13-11-23/h3-5,7-14H,6,15-20H2,1-2H3. The summed E-state index contributed by atoms with van der Waals surface area (Å²) in [7, 11) is 1.59. The van der Waals surface area contributed by atoms with Gasteiger partial charge in [-0.3, -0.25) is 9.59 Å². The summed E-state index contributed by atoms with van der Waals surface area (Å²) in [5.74, 6) is 0.548. The summed E-state index contributed by atoms with van der Waals surface area (Å²) in [6.45, 7) is 3.38. The number of furan rings is 1. The lowest BCUT2D eigenvalue weighted by molar-refractivity contribution is -0.132. The van der Waals surface area contributed by atoms with Crippen molar-refractivity contribution in [3.8, 4) is 0 Å². The van der Waals surface area contributed by atoms with Crippen molar-refractivity contribution in [3.05, 3.63) is 95.2 Å². The van der Waals surface area contributed by atoms with Gasteiger partial charge in [0.1, 0.15) is 23.9 Å². The van der Waals surface area contributed by atoms with Crippen LogP contribution in [-0.4, -0.2) is 55.0 Å². The molecule has 0 bridgehead atoms. The Morgan fingerprint density at radius 3 is 2.32 bits per heavy atom. The van der Waals surface area contributed by atoms with Crippen LogP contribution >= 0.6 is 0 Å². The van der Waals surface area contributed by atoms with Crippen molar-refractivity contribution in [2.24, 2.45) is 0 Å². The van der Waals surface area contributed by atoms with Crippen molar-refractivity contribution in [2.45, 2.75) is 26.3 Å². The number of aryl methyl sites for hydroxylation is 1. The Morgan fingerprint density at radius 2 is 1.68 bits per heavy atom. The van der Waals surface area contributed by atoms with Crippen LogP contribution in [0.2, 0.25) is 0 Å². The molecule has 6 nitrogen and oxygen atoms in total. The largest absolute Gasteiger partial charge is 0.464 e. The number of hydrogen-bond acceptors (Lipinski definition) is 4. The molecule has 2 amide bonds. The van der Waals surface area contributed by atoms with Gasteiger partial charge in [0.05, 0.1) is 6.54 Å². The minimum Gasteiger partial charge on any atom is -0.464 e. The van der Waals surface area contributed by atoms with Crippen molar-refractivity contribution in [2.75, 3.05) is 33.4 Å². The smallest absolute Gasteiger partial charge is 0.254 e. The van der Waals surface area contributed by atoms with Crippen LogP contribution < -0.4 is 0 Å². The van der Waals surface area contributed by atoms with Gasteiger partial charge in [-0.1, -0.05) is 30.3 Å². The highest BCUT2D eigenvalue weighted by Gasteiger charge is 2.23. The number of benzene rings is 2. The highest BCUT2D eigenvalue weighted by Crippen LogP contribution is 2.13. The normalized spacial score (nSPS) is 10.8. The summed E-state index contributed by atoms with van der Waals surface area (Å²) >= 11 is 0. The summed E-state index contributed by atoms with van der Waals surface area (Å²) in [6.07, 6.45) is 1.26. The minimum atomic E-state index is -0.417. The lowest BCUT2D eigenvalue weighted by Gasteiger charge is -2.27. The van der Waals surface area contributed by atoms with Crippen molar-refractivity contribution >= 4 is 11.8 Å². The molecule has 1 aromatic heterocycles. The first-order chi connectivity index (χ1) is 16.5. The molecule has 2 aromatic carbocycles. The van der Waals surface area contributed by atoms with E-state index in [1.54, 1.807) is 12.0 Å². The van der Waals surface area contributed by atoms with Crippen LogP contribution in [0.3, 0.4) is 0 Å². The van der Waals surface area contributed by atoms with Crippen molar-refractivity contribution in [1.29, 1.82) is 0 Å². The van der Waals surface area contributed by atoms with Crippen LogP contribution in [0, 0.1) is 12.7 Å². The van der Waals surface area contributed by atoms with E-state index in [1.165, 1.54) is 29.2 Å². The number of methoxy groups -OCH3 is 1. The van der Waals surface area contributed by atoms with E-state index in [9.17, 15) is 14.0 Å². The molecule has 7 heteroatoms. The monoisotopic (exact) mass is 466 g/mol. The van der Waals surface area contributed by atoms with Crippen molar-refractivity contribution in [1.82, 2.24) is 9.80 Å². The summed E-state index contributed by atoms with van der Waals surface area (Å²) in [5, 5.41) is 0. The van der Waals surface area contributed by atoms with Gasteiger partial charge < -0.3 is 19.0 Å². The number of carbonyl (C=O) groups is 2. The molecule has 0 aliphatic heterocycles. The van der Waals surface area contributed by atoms with Gasteiger partial charge in [-0.15, -0.1) is 0 Å². The Kier molecular flexibility index (Phi) is 9.40. The Labute approximate surface area is 199 Å². The molecule has 180 valence electrons. The molecule has 0 unspecified atom stereocenters. The molecule has 0 N–H and O–H groups in total. The molecule has 0 saturated heterocycles. The molecule has 0 radical (unpaired) electrons. The first kappa shape index (κ1) is 25.2. The Balaban J connectivity index is 1.75. The van der Waals surface area contributed by atoms with Crippen molar-refractivity contribution in [3.63, 3.8) is 0 Å². The molecule has 1 heterocycles. The molecular formula is C27H31FN2O4. The third-order valence-electron chi connectivity index (χ3n) is 5.49. The van der Waals surface area contributed by atoms with E-state index in [-0.39, 0.29) is 18.4 Å². The van der Waals surface area contributed by atoms with E-state index >= 15 is 0 Å². The Bertz CT molecular complexity index is 1050. The maximum atomic E-state index is 13.4. The third kappa shape index (κ3) is 7.56. The molecule has 0 fully saturated rings. The average molecular weight is 467 g/mol. The van der Waals surface area contributed by atoms with Gasteiger partial charge in [-0.05, 0) is 61.7 Å². The van der Waals surface area contributed by atoms with Crippen LogP contribution in [0.5, 0.6) is 0 Å². The number of carbonyl (C=O) groups excluding carboxylic acids is 2. The number of ether oxygens (including phenoxy) is 1. The molecular weight excluding hydrogens is 435 g/mol. The zero-order valence-electron chi connectivity index (χ0n) is 19.7. The van der Waals surface area contributed by atoms with E-state index in [0.717, 1.165) is 11.3 Å². The number of hydrogen-bond donors (Lipinski definition) is 0. The van der Waals surface area contributed by atoms with Crippen LogP contribution in [0.1, 0.15) is 33.9 Å². The first-order valence-corrected chi connectivity index (χ1v) is 11.4. The maximum absolute atomic E-state index is 13.4. The van der Waals surface area contributed by atoms with E-state index < -0.39 is 5.82 Å². The molecule has 0 atom stereocenters. The topological polar surface area (TPSA) is 63.0 Å². The van der Waals surface area contributed by atoms with E-state index in [1.807, 2.05) is 49.4 Å². The SMILES string of the molecule is COCCCN(CC(=O)N(CCc1ccccc1)Cc1ccc(C)o1)C(=O)c1ccc(F)cc1. The lowest BCUT2D eigenvalue weighted by atomic mass is 10.1. The number of halogens is 1. The number of nitrogens with zero attached hydrogens (tertiary/aromatic N) is 2. The lowest BCUT2D eigenvalue weighted by Crippen LogP contribution is -2.44. The van der Waals surface area contributed by atoms with Gasteiger partial charge in [0.25, 0.3) is 5.91 Å². The molecule has 0 spiro atoms. The fraction of sp³-hybridized carbons (Fsp3) is 0.333. The maximum Gasteiger partial charge on any atom is 0.254 e. The summed E-state index contributed by atoms with van der Waals surface area (Å²) < 4.78 is 24.2. The second-order valence-electron chi connectivity index (χ2n) is 8.14. The van der Waals surface area contributed by atoms with Crippen LogP contribution in [-0.2, 0) is 22.5 Å². The van der Waals surface area contributed by atoms with Gasteiger partial charge >= 0.3 is 0 Å². The summed E-state index contributed by atoms with van der Waals surface area (Å²) in [6, 6.07) is 19.0.